The van der Waals surface area contributed by atoms with E-state index in [2.05, 4.69) is 20.2 Å². The number of aromatic nitrogens is 4. The summed E-state index contributed by atoms with van der Waals surface area (Å²) in [6.07, 6.45) is 2.26. The fraction of sp³-hybridized carbons (Fsp3) is 0.296. The van der Waals surface area contributed by atoms with Gasteiger partial charge >= 0.3 is 12.1 Å². The van der Waals surface area contributed by atoms with Crippen LogP contribution in [0.2, 0.25) is 0 Å². The molecule has 216 valence electrons. The van der Waals surface area contributed by atoms with Gasteiger partial charge in [-0.15, -0.1) is 0 Å². The quantitative estimate of drug-likeness (QED) is 0.337. The number of carboxylic acids is 1. The Balaban J connectivity index is 0.000000493. The summed E-state index contributed by atoms with van der Waals surface area (Å²) in [6, 6.07) is 13.1. The van der Waals surface area contributed by atoms with E-state index in [0.29, 0.717) is 23.1 Å². The molecule has 1 saturated heterocycles. The molecule has 0 radical (unpaired) electrons. The van der Waals surface area contributed by atoms with Gasteiger partial charge in [0.2, 0.25) is 5.95 Å². The van der Waals surface area contributed by atoms with Gasteiger partial charge in [-0.1, -0.05) is 6.07 Å². The lowest BCUT2D eigenvalue weighted by Gasteiger charge is -2.23. The number of rotatable bonds is 7. The summed E-state index contributed by atoms with van der Waals surface area (Å²) in [5.41, 5.74) is 1.97. The number of nitrogens with zero attached hydrogens (tertiary/aromatic N) is 5. The Morgan fingerprint density at radius 1 is 1.10 bits per heavy atom. The number of pyridine rings is 1. The average Bonchev–Trinajstić information content (AvgIpc) is 3.61. The summed E-state index contributed by atoms with van der Waals surface area (Å²) < 4.78 is 44.5. The number of anilines is 1. The van der Waals surface area contributed by atoms with Gasteiger partial charge in [0.15, 0.2) is 5.69 Å². The minimum Gasteiger partial charge on any atom is -0.497 e. The number of fused-ring (bicyclic) bond motifs is 1. The standard InChI is InChI=1S/C25H26N6O3.C2HF3O2/c1-33-18-9-10-21(34-2)17(15-18)16-28-24(32)22-19-7-3-4-13-30(19)23(29-22)20-8-5-14-31(20)25-26-11-6-12-27-25;3-2(4,5)1(6)7/h3-4,6-7,9-13,15,20H,5,8,14,16H2,1-2H3,(H,28,32);(H,6,7). The number of methoxy groups -OCH3 is 2. The maximum absolute atomic E-state index is 13.3. The normalized spacial score (nSPS) is 14.8. The molecule has 2 N–H and O–H groups in total. The van der Waals surface area contributed by atoms with E-state index in [1.165, 1.54) is 0 Å². The van der Waals surface area contributed by atoms with Gasteiger partial charge in [0.25, 0.3) is 5.91 Å². The van der Waals surface area contributed by atoms with Gasteiger partial charge in [0.1, 0.15) is 17.3 Å². The zero-order chi connectivity index (χ0) is 29.6. The summed E-state index contributed by atoms with van der Waals surface area (Å²) in [7, 11) is 3.21. The van der Waals surface area contributed by atoms with Crippen molar-refractivity contribution >= 4 is 23.3 Å². The molecule has 4 aromatic rings. The zero-order valence-corrected chi connectivity index (χ0v) is 22.1. The highest BCUT2D eigenvalue weighted by atomic mass is 19.4. The molecule has 0 bridgehead atoms. The van der Waals surface area contributed by atoms with E-state index >= 15 is 0 Å². The Kier molecular flexibility index (Phi) is 8.90. The van der Waals surface area contributed by atoms with Crippen molar-refractivity contribution in [2.24, 2.45) is 0 Å². The summed E-state index contributed by atoms with van der Waals surface area (Å²) in [4.78, 5) is 38.0. The van der Waals surface area contributed by atoms with Gasteiger partial charge in [-0.05, 0) is 49.2 Å². The Labute approximate surface area is 232 Å². The molecule has 1 fully saturated rings. The number of halogens is 3. The van der Waals surface area contributed by atoms with Crippen molar-refractivity contribution in [1.82, 2.24) is 24.7 Å². The summed E-state index contributed by atoms with van der Waals surface area (Å²) >= 11 is 0. The number of benzene rings is 1. The molecule has 11 nitrogen and oxygen atoms in total. The molecule has 1 aliphatic heterocycles. The first-order chi connectivity index (χ1) is 19.6. The van der Waals surface area contributed by atoms with Crippen LogP contribution in [-0.2, 0) is 11.3 Å². The minimum atomic E-state index is -5.08. The minimum absolute atomic E-state index is 0.0164. The lowest BCUT2D eigenvalue weighted by molar-refractivity contribution is -0.192. The molecule has 0 saturated carbocycles. The molecule has 0 spiro atoms. The summed E-state index contributed by atoms with van der Waals surface area (Å²) in [5, 5.41) is 10.1. The van der Waals surface area contributed by atoms with Crippen LogP contribution in [0.4, 0.5) is 19.1 Å². The molecule has 1 aromatic carbocycles. The van der Waals surface area contributed by atoms with Gasteiger partial charge < -0.3 is 29.2 Å². The molecular formula is C27H27F3N6O5. The summed E-state index contributed by atoms with van der Waals surface area (Å²) in [6.45, 7) is 1.13. The van der Waals surface area contributed by atoms with E-state index in [-0.39, 0.29) is 18.5 Å². The van der Waals surface area contributed by atoms with Crippen LogP contribution in [0.25, 0.3) is 5.52 Å². The van der Waals surface area contributed by atoms with Crippen molar-refractivity contribution in [3.63, 3.8) is 0 Å². The van der Waals surface area contributed by atoms with E-state index in [4.69, 9.17) is 24.4 Å². The van der Waals surface area contributed by atoms with Crippen LogP contribution < -0.4 is 19.7 Å². The third kappa shape index (κ3) is 6.65. The van der Waals surface area contributed by atoms with Gasteiger partial charge in [0.05, 0.1) is 25.8 Å². The fourth-order valence-electron chi connectivity index (χ4n) is 4.46. The molecule has 3 aromatic heterocycles. The molecule has 1 aliphatic rings. The first-order valence-electron chi connectivity index (χ1n) is 12.4. The van der Waals surface area contributed by atoms with Crippen LogP contribution in [0, 0.1) is 0 Å². The molecule has 4 heterocycles. The maximum Gasteiger partial charge on any atom is 0.490 e. The lowest BCUT2D eigenvalue weighted by atomic mass is 10.2. The van der Waals surface area contributed by atoms with E-state index in [1.807, 2.05) is 47.0 Å². The van der Waals surface area contributed by atoms with Crippen molar-refractivity contribution < 1.29 is 37.3 Å². The Hall–Kier alpha value is -4.88. The van der Waals surface area contributed by atoms with Crippen molar-refractivity contribution in [2.75, 3.05) is 25.7 Å². The molecular weight excluding hydrogens is 545 g/mol. The number of ether oxygens (including phenoxy) is 2. The fourth-order valence-corrected chi connectivity index (χ4v) is 4.46. The third-order valence-corrected chi connectivity index (χ3v) is 6.32. The number of imidazole rings is 1. The first kappa shape index (κ1) is 29.1. The topological polar surface area (TPSA) is 131 Å². The zero-order valence-electron chi connectivity index (χ0n) is 22.1. The molecule has 41 heavy (non-hydrogen) atoms. The molecule has 0 aliphatic carbocycles. The number of alkyl halides is 3. The average molecular weight is 573 g/mol. The number of carboxylic acid groups (broad SMARTS) is 1. The number of hydrogen-bond donors (Lipinski definition) is 2. The third-order valence-electron chi connectivity index (χ3n) is 6.32. The van der Waals surface area contributed by atoms with Crippen LogP contribution in [-0.4, -0.2) is 63.3 Å². The van der Waals surface area contributed by atoms with Gasteiger partial charge in [-0.25, -0.2) is 19.7 Å². The SMILES string of the molecule is COc1ccc(OC)c(CNC(=O)c2nc(C3CCCN3c3ncccn3)n3ccccc23)c1.O=C(O)C(F)(F)F. The van der Waals surface area contributed by atoms with Crippen LogP contribution in [0.3, 0.4) is 0 Å². The maximum atomic E-state index is 13.3. The Morgan fingerprint density at radius 2 is 1.83 bits per heavy atom. The van der Waals surface area contributed by atoms with Crippen molar-refractivity contribution in [3.8, 4) is 11.5 Å². The van der Waals surface area contributed by atoms with Crippen LogP contribution >= 0.6 is 0 Å². The number of hydrogen-bond acceptors (Lipinski definition) is 8. The predicted molar refractivity (Wildman–Crippen MR) is 141 cm³/mol. The van der Waals surface area contributed by atoms with E-state index < -0.39 is 12.1 Å². The summed E-state index contributed by atoms with van der Waals surface area (Å²) in [5.74, 6) is -0.142. The Morgan fingerprint density at radius 3 is 2.49 bits per heavy atom. The highest BCUT2D eigenvalue weighted by Gasteiger charge is 2.38. The van der Waals surface area contributed by atoms with E-state index in [0.717, 1.165) is 36.3 Å². The number of carbonyl (C=O) groups excluding carboxylic acids is 1. The largest absolute Gasteiger partial charge is 0.497 e. The van der Waals surface area contributed by atoms with Crippen molar-refractivity contribution in [1.29, 1.82) is 0 Å². The number of nitrogens with one attached hydrogen (secondary N) is 1. The molecule has 5 rings (SSSR count). The molecule has 1 amide bonds. The van der Waals surface area contributed by atoms with Crippen LogP contribution in [0.15, 0.2) is 61.1 Å². The highest BCUT2D eigenvalue weighted by Crippen LogP contribution is 2.34. The number of aliphatic carboxylic acids is 1. The number of amides is 1. The second kappa shape index (κ2) is 12.5. The van der Waals surface area contributed by atoms with Gasteiger partial charge in [-0.2, -0.15) is 13.2 Å². The second-order valence-corrected chi connectivity index (χ2v) is 8.84. The smallest absolute Gasteiger partial charge is 0.490 e. The lowest BCUT2D eigenvalue weighted by Crippen LogP contribution is -2.26. The van der Waals surface area contributed by atoms with E-state index in [1.54, 1.807) is 32.7 Å². The van der Waals surface area contributed by atoms with Crippen molar-refractivity contribution in [2.45, 2.75) is 31.6 Å². The Bertz CT molecular complexity index is 1510. The van der Waals surface area contributed by atoms with Gasteiger partial charge in [0, 0.05) is 37.2 Å². The van der Waals surface area contributed by atoms with Crippen LogP contribution in [0.5, 0.6) is 11.5 Å². The second-order valence-electron chi connectivity index (χ2n) is 8.84. The van der Waals surface area contributed by atoms with Crippen molar-refractivity contribution in [3.05, 3.63) is 78.1 Å². The molecule has 1 unspecified atom stereocenters. The monoisotopic (exact) mass is 572 g/mol. The molecule has 14 heteroatoms. The molecule has 1 atom stereocenters. The highest BCUT2D eigenvalue weighted by molar-refractivity contribution is 5.99. The van der Waals surface area contributed by atoms with Gasteiger partial charge in [-0.3, -0.25) is 4.79 Å². The van der Waals surface area contributed by atoms with Crippen LogP contribution in [0.1, 0.15) is 40.8 Å². The predicted octanol–water partition coefficient (Wildman–Crippen LogP) is 4.05. The number of carbonyl (C=O) groups is 2. The first-order valence-corrected chi connectivity index (χ1v) is 12.4. The van der Waals surface area contributed by atoms with E-state index in [9.17, 15) is 18.0 Å².